The van der Waals surface area contributed by atoms with Crippen LogP contribution in [0.25, 0.3) is 11.4 Å². The summed E-state index contributed by atoms with van der Waals surface area (Å²) in [6.45, 7) is 3.68. The van der Waals surface area contributed by atoms with Crippen LogP contribution in [0.3, 0.4) is 0 Å². The Morgan fingerprint density at radius 3 is 2.92 bits per heavy atom. The number of benzene rings is 1. The van der Waals surface area contributed by atoms with Crippen molar-refractivity contribution < 1.29 is 4.79 Å². The molecule has 3 heterocycles. The number of nitrogens with zero attached hydrogens (tertiary/aromatic N) is 2. The average Bonchev–Trinajstić information content (AvgIpc) is 3.32. The lowest BCUT2D eigenvalue weighted by atomic mass is 9.99. The van der Waals surface area contributed by atoms with Gasteiger partial charge in [-0.3, -0.25) is 9.69 Å². The van der Waals surface area contributed by atoms with Crippen LogP contribution in [0, 0.1) is 0 Å². The van der Waals surface area contributed by atoms with Crippen LogP contribution in [-0.4, -0.2) is 33.4 Å². The van der Waals surface area contributed by atoms with Gasteiger partial charge in [-0.15, -0.1) is 11.3 Å². The minimum Gasteiger partial charge on any atom is -0.360 e. The van der Waals surface area contributed by atoms with E-state index in [1.165, 1.54) is 22.5 Å². The normalized spacial score (nSPS) is 15.6. The molecule has 1 unspecified atom stereocenters. The molecular weight excluding hydrogens is 332 g/mol. The van der Waals surface area contributed by atoms with E-state index in [0.29, 0.717) is 5.13 Å². The number of fused-ring (bicyclic) bond motifs is 1. The van der Waals surface area contributed by atoms with E-state index in [-0.39, 0.29) is 11.9 Å². The van der Waals surface area contributed by atoms with Crippen molar-refractivity contribution in [2.24, 2.45) is 0 Å². The average molecular weight is 352 g/mol. The van der Waals surface area contributed by atoms with E-state index in [2.05, 4.69) is 44.5 Å². The first-order valence-electron chi connectivity index (χ1n) is 8.41. The third kappa shape index (κ3) is 3.36. The number of thiazole rings is 1. The number of H-pyrrole nitrogens is 1. The Kier molecular flexibility index (Phi) is 4.38. The van der Waals surface area contributed by atoms with Gasteiger partial charge in [0.05, 0.1) is 17.4 Å². The Labute approximate surface area is 150 Å². The van der Waals surface area contributed by atoms with E-state index in [0.717, 1.165) is 30.9 Å². The monoisotopic (exact) mass is 352 g/mol. The van der Waals surface area contributed by atoms with Gasteiger partial charge in [0.25, 0.3) is 0 Å². The number of aromatic nitrogens is 2. The highest BCUT2D eigenvalue weighted by molar-refractivity contribution is 7.14. The Bertz CT molecular complexity index is 871. The first kappa shape index (κ1) is 16.1. The van der Waals surface area contributed by atoms with Crippen LogP contribution in [0.4, 0.5) is 5.13 Å². The van der Waals surface area contributed by atoms with Crippen LogP contribution in [0.1, 0.15) is 18.1 Å². The van der Waals surface area contributed by atoms with Gasteiger partial charge in [0, 0.05) is 24.7 Å². The number of anilines is 1. The van der Waals surface area contributed by atoms with E-state index in [4.69, 9.17) is 0 Å². The molecular formula is C19H20N4OS. The van der Waals surface area contributed by atoms with Gasteiger partial charge in [-0.25, -0.2) is 4.98 Å². The standard InChI is InChI=1S/C19H20N4OS/c1-13(23-10-8-14-5-2-3-6-15(14)11-23)18(24)22-19-21-17(12-25-19)16-7-4-9-20-16/h2-7,9,12-13,20H,8,10-11H2,1H3,(H,21,22,24). The van der Waals surface area contributed by atoms with Crippen molar-refractivity contribution in [3.8, 4) is 11.4 Å². The van der Waals surface area contributed by atoms with Gasteiger partial charge in [0.15, 0.2) is 5.13 Å². The highest BCUT2D eigenvalue weighted by Gasteiger charge is 2.25. The quantitative estimate of drug-likeness (QED) is 0.755. The summed E-state index contributed by atoms with van der Waals surface area (Å²) < 4.78 is 0. The van der Waals surface area contributed by atoms with Crippen LogP contribution < -0.4 is 5.32 Å². The second kappa shape index (κ2) is 6.82. The van der Waals surface area contributed by atoms with E-state index in [9.17, 15) is 4.79 Å². The minimum atomic E-state index is -0.189. The molecule has 0 fully saturated rings. The second-order valence-corrected chi connectivity index (χ2v) is 7.13. The van der Waals surface area contributed by atoms with Gasteiger partial charge in [-0.05, 0) is 36.6 Å². The summed E-state index contributed by atoms with van der Waals surface area (Å²) in [5, 5.41) is 5.54. The summed E-state index contributed by atoms with van der Waals surface area (Å²) >= 11 is 1.45. The molecule has 0 saturated carbocycles. The molecule has 0 bridgehead atoms. The van der Waals surface area contributed by atoms with Crippen LogP contribution in [-0.2, 0) is 17.8 Å². The van der Waals surface area contributed by atoms with Gasteiger partial charge >= 0.3 is 0 Å². The molecule has 0 saturated heterocycles. The molecule has 128 valence electrons. The van der Waals surface area contributed by atoms with Crippen molar-refractivity contribution >= 4 is 22.4 Å². The Balaban J connectivity index is 1.41. The molecule has 4 rings (SSSR count). The Morgan fingerprint density at radius 1 is 1.28 bits per heavy atom. The van der Waals surface area contributed by atoms with Crippen LogP contribution in [0.5, 0.6) is 0 Å². The van der Waals surface area contributed by atoms with Crippen molar-refractivity contribution in [1.29, 1.82) is 0 Å². The summed E-state index contributed by atoms with van der Waals surface area (Å²) in [5.41, 5.74) is 4.51. The highest BCUT2D eigenvalue weighted by Crippen LogP contribution is 2.25. The van der Waals surface area contributed by atoms with Crippen LogP contribution in [0.15, 0.2) is 48.0 Å². The van der Waals surface area contributed by atoms with E-state index in [1.54, 1.807) is 0 Å². The van der Waals surface area contributed by atoms with Gasteiger partial charge in [0.2, 0.25) is 5.91 Å². The molecule has 1 aliphatic rings. The van der Waals surface area contributed by atoms with Crippen molar-refractivity contribution in [3.05, 3.63) is 59.1 Å². The van der Waals surface area contributed by atoms with Crippen molar-refractivity contribution in [2.75, 3.05) is 11.9 Å². The van der Waals surface area contributed by atoms with E-state index < -0.39 is 0 Å². The largest absolute Gasteiger partial charge is 0.360 e. The fourth-order valence-corrected chi connectivity index (χ4v) is 3.88. The number of carbonyl (C=O) groups excluding carboxylic acids is 1. The number of carbonyl (C=O) groups is 1. The number of hydrogen-bond acceptors (Lipinski definition) is 4. The Hall–Kier alpha value is -2.44. The van der Waals surface area contributed by atoms with Gasteiger partial charge in [-0.1, -0.05) is 24.3 Å². The molecule has 0 spiro atoms. The zero-order chi connectivity index (χ0) is 17.2. The molecule has 5 nitrogen and oxygen atoms in total. The van der Waals surface area contributed by atoms with E-state index in [1.807, 2.05) is 30.6 Å². The molecule has 1 aliphatic heterocycles. The summed E-state index contributed by atoms with van der Waals surface area (Å²) in [4.78, 5) is 22.5. The number of nitrogens with one attached hydrogen (secondary N) is 2. The fourth-order valence-electron chi connectivity index (χ4n) is 3.17. The van der Waals surface area contributed by atoms with Crippen molar-refractivity contribution in [2.45, 2.75) is 25.9 Å². The van der Waals surface area contributed by atoms with Crippen LogP contribution >= 0.6 is 11.3 Å². The molecule has 6 heteroatoms. The van der Waals surface area contributed by atoms with Gasteiger partial charge in [-0.2, -0.15) is 0 Å². The minimum absolute atomic E-state index is 0.00762. The molecule has 2 aromatic heterocycles. The third-order valence-corrected chi connectivity index (χ3v) is 5.45. The lowest BCUT2D eigenvalue weighted by Gasteiger charge is -2.32. The van der Waals surface area contributed by atoms with Crippen molar-refractivity contribution in [1.82, 2.24) is 14.9 Å². The molecule has 0 radical (unpaired) electrons. The lowest BCUT2D eigenvalue weighted by molar-refractivity contribution is -0.121. The number of amides is 1. The summed E-state index contributed by atoms with van der Waals surface area (Å²) in [5.74, 6) is -0.00762. The van der Waals surface area contributed by atoms with Gasteiger partial charge < -0.3 is 10.3 Å². The number of rotatable bonds is 4. The molecule has 25 heavy (non-hydrogen) atoms. The number of aromatic amines is 1. The molecule has 1 atom stereocenters. The second-order valence-electron chi connectivity index (χ2n) is 6.28. The fraction of sp³-hybridized carbons (Fsp3) is 0.263. The zero-order valence-electron chi connectivity index (χ0n) is 14.0. The summed E-state index contributed by atoms with van der Waals surface area (Å²) in [6, 6.07) is 12.2. The lowest BCUT2D eigenvalue weighted by Crippen LogP contribution is -2.44. The molecule has 2 N–H and O–H groups in total. The van der Waals surface area contributed by atoms with Crippen LogP contribution in [0.2, 0.25) is 0 Å². The summed E-state index contributed by atoms with van der Waals surface area (Å²) in [6.07, 6.45) is 2.85. The molecule has 0 aliphatic carbocycles. The van der Waals surface area contributed by atoms with E-state index >= 15 is 0 Å². The topological polar surface area (TPSA) is 61.0 Å². The molecule has 1 aromatic carbocycles. The third-order valence-electron chi connectivity index (χ3n) is 4.70. The maximum Gasteiger partial charge on any atom is 0.243 e. The molecule has 1 amide bonds. The first-order valence-corrected chi connectivity index (χ1v) is 9.29. The maximum atomic E-state index is 12.6. The number of hydrogen-bond donors (Lipinski definition) is 2. The predicted octanol–water partition coefficient (Wildman–Crippen LogP) is 3.52. The predicted molar refractivity (Wildman–Crippen MR) is 101 cm³/mol. The smallest absolute Gasteiger partial charge is 0.243 e. The zero-order valence-corrected chi connectivity index (χ0v) is 14.8. The van der Waals surface area contributed by atoms with Crippen molar-refractivity contribution in [3.63, 3.8) is 0 Å². The Morgan fingerprint density at radius 2 is 2.12 bits per heavy atom. The maximum absolute atomic E-state index is 12.6. The summed E-state index contributed by atoms with van der Waals surface area (Å²) in [7, 11) is 0. The molecule has 3 aromatic rings. The highest BCUT2D eigenvalue weighted by atomic mass is 32.1. The SMILES string of the molecule is CC(C(=O)Nc1nc(-c2ccc[nH]2)cs1)N1CCc2ccccc2C1. The first-order chi connectivity index (χ1) is 12.2. The van der Waals surface area contributed by atoms with Gasteiger partial charge in [0.1, 0.15) is 0 Å².